The molecule has 2 rings (SSSR count). The molecule has 3 heteroatoms. The minimum atomic E-state index is -0.338. The van der Waals surface area contributed by atoms with Crippen LogP contribution in [0.5, 0.6) is 0 Å². The average molecular weight is 243 g/mol. The summed E-state index contributed by atoms with van der Waals surface area (Å²) in [6.07, 6.45) is 0.600. The Kier molecular flexibility index (Phi) is 4.34. The average Bonchev–Trinajstić information content (AvgIpc) is 2.46. The van der Waals surface area contributed by atoms with Crippen LogP contribution >= 0.6 is 0 Å². The molecule has 0 fully saturated rings. The third-order valence-electron chi connectivity index (χ3n) is 2.89. The van der Waals surface area contributed by atoms with Gasteiger partial charge in [0, 0.05) is 0 Å². The molecule has 1 atom stereocenters. The molecule has 3 nitrogen and oxygen atoms in total. The molecule has 0 aliphatic rings. The predicted molar refractivity (Wildman–Crippen MR) is 71.7 cm³/mol. The number of anilines is 1. The Balaban J connectivity index is 2.09. The van der Waals surface area contributed by atoms with Crippen molar-refractivity contribution < 1.29 is 10.3 Å². The van der Waals surface area contributed by atoms with E-state index in [1.807, 2.05) is 60.7 Å². The topological polar surface area (TPSA) is 43.7 Å². The van der Waals surface area contributed by atoms with Gasteiger partial charge in [-0.25, -0.2) is 0 Å². The van der Waals surface area contributed by atoms with E-state index in [1.54, 1.807) is 0 Å². The van der Waals surface area contributed by atoms with Crippen LogP contribution in [0.3, 0.4) is 0 Å². The second-order valence-electron chi connectivity index (χ2n) is 4.21. The molecule has 0 radical (unpaired) electrons. The summed E-state index contributed by atoms with van der Waals surface area (Å²) in [6.45, 7) is -0.0969. The van der Waals surface area contributed by atoms with Crippen molar-refractivity contribution in [2.24, 2.45) is 0 Å². The number of rotatable bonds is 5. The van der Waals surface area contributed by atoms with Crippen LogP contribution in [0.25, 0.3) is 0 Å². The van der Waals surface area contributed by atoms with Crippen LogP contribution in [0, 0.1) is 0 Å². The molecule has 2 N–H and O–H groups in total. The van der Waals surface area contributed by atoms with Crippen LogP contribution < -0.4 is 5.06 Å². The smallest absolute Gasteiger partial charge is 0.0834 e. The minimum absolute atomic E-state index is 0.0969. The normalized spacial score (nSPS) is 12.1. The second-order valence-corrected chi connectivity index (χ2v) is 4.21. The van der Waals surface area contributed by atoms with Crippen molar-refractivity contribution in [1.29, 1.82) is 0 Å². The molecule has 0 aliphatic heterocycles. The summed E-state index contributed by atoms with van der Waals surface area (Å²) in [7, 11) is 0. The number of aliphatic hydroxyl groups is 1. The van der Waals surface area contributed by atoms with Gasteiger partial charge in [0.15, 0.2) is 0 Å². The highest BCUT2D eigenvalue weighted by atomic mass is 16.5. The highest BCUT2D eigenvalue weighted by molar-refractivity contribution is 5.44. The molecular formula is C15H17NO2. The summed E-state index contributed by atoms with van der Waals surface area (Å²) in [5.74, 6) is 0. The second kappa shape index (κ2) is 6.19. The van der Waals surface area contributed by atoms with Gasteiger partial charge in [0.05, 0.1) is 18.3 Å². The molecule has 0 unspecified atom stereocenters. The van der Waals surface area contributed by atoms with Crippen molar-refractivity contribution in [3.63, 3.8) is 0 Å². The van der Waals surface area contributed by atoms with Gasteiger partial charge in [0.25, 0.3) is 0 Å². The lowest BCUT2D eigenvalue weighted by Crippen LogP contribution is -2.37. The predicted octanol–water partition coefficient (Wildman–Crippen LogP) is 2.49. The molecule has 0 aromatic heterocycles. The maximum atomic E-state index is 10.1. The van der Waals surface area contributed by atoms with Crippen LogP contribution in [0.2, 0.25) is 0 Å². The Morgan fingerprint density at radius 3 is 2.00 bits per heavy atom. The number of nitrogens with zero attached hydrogens (tertiary/aromatic N) is 1. The van der Waals surface area contributed by atoms with Crippen molar-refractivity contribution in [3.8, 4) is 0 Å². The lowest BCUT2D eigenvalue weighted by molar-refractivity contribution is 0.159. The van der Waals surface area contributed by atoms with Crippen LogP contribution in [0.1, 0.15) is 5.56 Å². The molecule has 2 aromatic carbocycles. The molecular weight excluding hydrogens is 226 g/mol. The number of hydroxylamine groups is 1. The first-order valence-electron chi connectivity index (χ1n) is 5.99. The third kappa shape index (κ3) is 3.09. The zero-order valence-electron chi connectivity index (χ0n) is 10.1. The van der Waals surface area contributed by atoms with Gasteiger partial charge in [-0.1, -0.05) is 48.5 Å². The van der Waals surface area contributed by atoms with E-state index in [0.29, 0.717) is 12.1 Å². The number of hydrogen-bond acceptors (Lipinski definition) is 3. The largest absolute Gasteiger partial charge is 0.394 e. The fourth-order valence-electron chi connectivity index (χ4n) is 1.91. The maximum absolute atomic E-state index is 10.1. The summed E-state index contributed by atoms with van der Waals surface area (Å²) < 4.78 is 0. The molecule has 0 bridgehead atoms. The van der Waals surface area contributed by atoms with Crippen LogP contribution in [0.4, 0.5) is 5.69 Å². The third-order valence-corrected chi connectivity index (χ3v) is 2.89. The highest BCUT2D eigenvalue weighted by Crippen LogP contribution is 2.16. The minimum Gasteiger partial charge on any atom is -0.394 e. The molecule has 2 aromatic rings. The van der Waals surface area contributed by atoms with Gasteiger partial charge in [0.1, 0.15) is 0 Å². The van der Waals surface area contributed by atoms with Gasteiger partial charge in [0.2, 0.25) is 0 Å². The van der Waals surface area contributed by atoms with Crippen molar-refractivity contribution in [1.82, 2.24) is 0 Å². The first-order valence-corrected chi connectivity index (χ1v) is 5.99. The van der Waals surface area contributed by atoms with E-state index < -0.39 is 0 Å². The molecule has 0 amide bonds. The van der Waals surface area contributed by atoms with Gasteiger partial charge in [-0.3, -0.25) is 10.3 Å². The van der Waals surface area contributed by atoms with Gasteiger partial charge in [-0.2, -0.15) is 0 Å². The summed E-state index contributed by atoms with van der Waals surface area (Å²) in [6, 6.07) is 18.7. The van der Waals surface area contributed by atoms with Crippen LogP contribution in [-0.4, -0.2) is 23.0 Å². The van der Waals surface area contributed by atoms with E-state index in [2.05, 4.69) is 0 Å². The molecule has 0 aliphatic carbocycles. The van der Waals surface area contributed by atoms with E-state index in [0.717, 1.165) is 10.6 Å². The van der Waals surface area contributed by atoms with Crippen molar-refractivity contribution in [2.75, 3.05) is 11.7 Å². The fourth-order valence-corrected chi connectivity index (χ4v) is 1.91. The van der Waals surface area contributed by atoms with Gasteiger partial charge < -0.3 is 5.11 Å². The zero-order chi connectivity index (χ0) is 12.8. The van der Waals surface area contributed by atoms with Crippen molar-refractivity contribution >= 4 is 5.69 Å². The highest BCUT2D eigenvalue weighted by Gasteiger charge is 2.16. The van der Waals surface area contributed by atoms with Crippen molar-refractivity contribution in [2.45, 2.75) is 12.5 Å². The molecule has 0 spiro atoms. The molecule has 94 valence electrons. The van der Waals surface area contributed by atoms with Crippen LogP contribution in [-0.2, 0) is 6.42 Å². The number of hydrogen-bond donors (Lipinski definition) is 2. The van der Waals surface area contributed by atoms with Crippen molar-refractivity contribution in [3.05, 3.63) is 66.2 Å². The molecule has 18 heavy (non-hydrogen) atoms. The lowest BCUT2D eigenvalue weighted by Gasteiger charge is -2.26. The van der Waals surface area contributed by atoms with Gasteiger partial charge in [-0.05, 0) is 24.1 Å². The number of para-hydroxylation sites is 1. The van der Waals surface area contributed by atoms with Crippen LogP contribution in [0.15, 0.2) is 60.7 Å². The summed E-state index contributed by atoms with van der Waals surface area (Å²) in [5, 5.41) is 20.7. The summed E-state index contributed by atoms with van der Waals surface area (Å²) in [5.41, 5.74) is 1.78. The zero-order valence-corrected chi connectivity index (χ0v) is 10.1. The quantitative estimate of drug-likeness (QED) is 0.793. The van der Waals surface area contributed by atoms with E-state index >= 15 is 0 Å². The Bertz CT molecular complexity index is 458. The molecule has 0 heterocycles. The Hall–Kier alpha value is -1.84. The first kappa shape index (κ1) is 12.6. The number of benzene rings is 2. The molecule has 0 saturated heterocycles. The van der Waals surface area contributed by atoms with E-state index in [1.165, 1.54) is 0 Å². The Morgan fingerprint density at radius 1 is 0.889 bits per heavy atom. The maximum Gasteiger partial charge on any atom is 0.0834 e. The monoisotopic (exact) mass is 243 g/mol. The Morgan fingerprint density at radius 2 is 1.44 bits per heavy atom. The van der Waals surface area contributed by atoms with E-state index in [4.69, 9.17) is 0 Å². The van der Waals surface area contributed by atoms with E-state index in [-0.39, 0.29) is 12.6 Å². The first-order chi connectivity index (χ1) is 8.81. The van der Waals surface area contributed by atoms with Gasteiger partial charge >= 0.3 is 0 Å². The number of aliphatic hydroxyl groups excluding tert-OH is 1. The summed E-state index contributed by atoms with van der Waals surface area (Å²) in [4.78, 5) is 0. The lowest BCUT2D eigenvalue weighted by atomic mass is 10.1. The fraction of sp³-hybridized carbons (Fsp3) is 0.200. The van der Waals surface area contributed by atoms with E-state index in [9.17, 15) is 10.3 Å². The summed E-state index contributed by atoms with van der Waals surface area (Å²) >= 11 is 0. The Labute approximate surface area is 107 Å². The SMILES string of the molecule is OC[C@H](Cc1ccccc1)N(O)c1ccccc1. The standard InChI is InChI=1S/C15H17NO2/c17-12-15(11-13-7-3-1-4-8-13)16(18)14-9-5-2-6-10-14/h1-10,15,17-18H,11-12H2/t15-/m0/s1. The molecule has 0 saturated carbocycles. The van der Waals surface area contributed by atoms with Gasteiger partial charge in [-0.15, -0.1) is 0 Å².